The number of hydrogen-bond acceptors (Lipinski definition) is 3. The first-order valence-corrected chi connectivity index (χ1v) is 11.0. The molecule has 1 aromatic carbocycles. The van der Waals surface area contributed by atoms with E-state index in [1.165, 1.54) is 5.56 Å². The van der Waals surface area contributed by atoms with Crippen molar-refractivity contribution >= 4 is 29.9 Å². The molecule has 0 saturated carbocycles. The molecule has 29 heavy (non-hydrogen) atoms. The van der Waals surface area contributed by atoms with Gasteiger partial charge in [0.1, 0.15) is 0 Å². The molecule has 0 amide bonds. The van der Waals surface area contributed by atoms with Crippen molar-refractivity contribution in [1.29, 1.82) is 0 Å². The Balaban J connectivity index is 0.00000420. The topological polar surface area (TPSA) is 48.9 Å². The number of ether oxygens (including phenoxy) is 1. The fraction of sp³-hybridized carbons (Fsp3) is 0.696. The Kier molecular flexibility index (Phi) is 13.6. The second-order valence-electron chi connectivity index (χ2n) is 7.97. The van der Waals surface area contributed by atoms with Gasteiger partial charge in [0.2, 0.25) is 0 Å². The van der Waals surface area contributed by atoms with Gasteiger partial charge in [-0.3, -0.25) is 9.89 Å². The highest BCUT2D eigenvalue weighted by Gasteiger charge is 2.20. The van der Waals surface area contributed by atoms with Crippen LogP contribution in [0.1, 0.15) is 52.5 Å². The summed E-state index contributed by atoms with van der Waals surface area (Å²) >= 11 is 0. The Morgan fingerprint density at radius 3 is 2.45 bits per heavy atom. The summed E-state index contributed by atoms with van der Waals surface area (Å²) in [7, 11) is 0. The highest BCUT2D eigenvalue weighted by molar-refractivity contribution is 14.0. The minimum Gasteiger partial charge on any atom is -0.378 e. The molecule has 0 aliphatic carbocycles. The maximum Gasteiger partial charge on any atom is 0.191 e. The van der Waals surface area contributed by atoms with Gasteiger partial charge in [0, 0.05) is 45.4 Å². The van der Waals surface area contributed by atoms with Crippen LogP contribution in [0.2, 0.25) is 0 Å². The van der Waals surface area contributed by atoms with Crippen molar-refractivity contribution < 1.29 is 4.74 Å². The van der Waals surface area contributed by atoms with E-state index in [0.29, 0.717) is 12.0 Å². The zero-order valence-corrected chi connectivity index (χ0v) is 21.0. The minimum absolute atomic E-state index is 0. The number of rotatable bonds is 10. The van der Waals surface area contributed by atoms with Crippen LogP contribution in [-0.2, 0) is 11.3 Å². The van der Waals surface area contributed by atoms with Crippen LogP contribution in [0.25, 0.3) is 0 Å². The summed E-state index contributed by atoms with van der Waals surface area (Å²) in [5.74, 6) is 1.47. The second kappa shape index (κ2) is 15.0. The van der Waals surface area contributed by atoms with Crippen LogP contribution in [0.4, 0.5) is 0 Å². The molecule has 6 heteroatoms. The van der Waals surface area contributed by atoms with E-state index in [2.05, 4.69) is 73.6 Å². The largest absolute Gasteiger partial charge is 0.378 e. The van der Waals surface area contributed by atoms with Crippen LogP contribution in [-0.4, -0.2) is 55.8 Å². The number of hydrogen-bond donors (Lipinski definition) is 2. The molecule has 0 aromatic heterocycles. The molecule has 0 spiro atoms. The normalized spacial score (nSPS) is 17.1. The monoisotopic (exact) mass is 516 g/mol. The van der Waals surface area contributed by atoms with Crippen molar-refractivity contribution in [2.24, 2.45) is 10.9 Å². The summed E-state index contributed by atoms with van der Waals surface area (Å²) in [6.45, 7) is 14.4. The van der Waals surface area contributed by atoms with Gasteiger partial charge in [-0.2, -0.15) is 0 Å². The molecule has 0 radical (unpaired) electrons. The fourth-order valence-corrected chi connectivity index (χ4v) is 3.72. The number of halogens is 1. The first-order chi connectivity index (χ1) is 13.6. The van der Waals surface area contributed by atoms with Crippen molar-refractivity contribution in [2.75, 3.05) is 32.8 Å². The summed E-state index contributed by atoms with van der Waals surface area (Å²) in [4.78, 5) is 7.35. The molecule has 2 N–H and O–H groups in total. The fourth-order valence-electron chi connectivity index (χ4n) is 3.72. The number of aliphatic imine (C=N–C) groups is 1. The van der Waals surface area contributed by atoms with Gasteiger partial charge < -0.3 is 15.4 Å². The molecule has 1 aliphatic rings. The Labute approximate surface area is 195 Å². The van der Waals surface area contributed by atoms with E-state index in [-0.39, 0.29) is 30.1 Å². The molecule has 1 heterocycles. The molecule has 1 saturated heterocycles. The van der Waals surface area contributed by atoms with E-state index in [9.17, 15) is 0 Å². The van der Waals surface area contributed by atoms with Crippen molar-refractivity contribution in [3.63, 3.8) is 0 Å². The molecule has 1 fully saturated rings. The summed E-state index contributed by atoms with van der Waals surface area (Å²) < 4.78 is 5.84. The lowest BCUT2D eigenvalue weighted by molar-refractivity contribution is 0.0266. The van der Waals surface area contributed by atoms with Gasteiger partial charge in [0.15, 0.2) is 5.96 Å². The molecule has 2 rings (SSSR count). The number of nitrogens with zero attached hydrogens (tertiary/aromatic N) is 2. The van der Waals surface area contributed by atoms with E-state index in [1.807, 2.05) is 0 Å². The van der Waals surface area contributed by atoms with Gasteiger partial charge >= 0.3 is 0 Å². The Hall–Kier alpha value is -0.860. The maximum absolute atomic E-state index is 5.84. The third-order valence-corrected chi connectivity index (χ3v) is 5.33. The van der Waals surface area contributed by atoms with Crippen LogP contribution in [0.15, 0.2) is 35.3 Å². The lowest BCUT2D eigenvalue weighted by atomic mass is 10.0. The smallest absolute Gasteiger partial charge is 0.191 e. The van der Waals surface area contributed by atoms with Crippen molar-refractivity contribution in [2.45, 2.75) is 65.6 Å². The van der Waals surface area contributed by atoms with Crippen LogP contribution >= 0.6 is 24.0 Å². The van der Waals surface area contributed by atoms with E-state index in [0.717, 1.165) is 64.6 Å². The molecule has 5 nitrogen and oxygen atoms in total. The van der Waals surface area contributed by atoms with Gasteiger partial charge in [-0.1, -0.05) is 44.2 Å². The summed E-state index contributed by atoms with van der Waals surface area (Å²) in [6, 6.07) is 11.3. The van der Waals surface area contributed by atoms with Gasteiger partial charge in [-0.25, -0.2) is 0 Å². The number of guanidine groups is 1. The Morgan fingerprint density at radius 2 is 1.86 bits per heavy atom. The van der Waals surface area contributed by atoms with Gasteiger partial charge in [0.05, 0.1) is 6.10 Å². The molecular weight excluding hydrogens is 475 g/mol. The predicted molar refractivity (Wildman–Crippen MR) is 134 cm³/mol. The quantitative estimate of drug-likeness (QED) is 0.277. The van der Waals surface area contributed by atoms with Crippen LogP contribution in [0, 0.1) is 5.92 Å². The van der Waals surface area contributed by atoms with Gasteiger partial charge in [-0.15, -0.1) is 24.0 Å². The molecule has 1 unspecified atom stereocenters. The Bertz CT molecular complexity index is 559. The molecule has 0 bridgehead atoms. The second-order valence-corrected chi connectivity index (χ2v) is 7.97. The molecule has 1 aromatic rings. The number of benzene rings is 1. The minimum atomic E-state index is 0. The average Bonchev–Trinajstić information content (AvgIpc) is 2.69. The number of likely N-dealkylation sites (tertiary alicyclic amines) is 1. The van der Waals surface area contributed by atoms with E-state index in [4.69, 9.17) is 9.73 Å². The van der Waals surface area contributed by atoms with Crippen LogP contribution < -0.4 is 10.6 Å². The summed E-state index contributed by atoms with van der Waals surface area (Å²) in [5.41, 5.74) is 1.40. The van der Waals surface area contributed by atoms with E-state index < -0.39 is 0 Å². The van der Waals surface area contributed by atoms with Crippen LogP contribution in [0.3, 0.4) is 0 Å². The zero-order chi connectivity index (χ0) is 20.2. The molecule has 166 valence electrons. The highest BCUT2D eigenvalue weighted by Crippen LogP contribution is 2.14. The average molecular weight is 517 g/mol. The molecule has 1 aliphatic heterocycles. The van der Waals surface area contributed by atoms with Gasteiger partial charge in [-0.05, 0) is 44.6 Å². The van der Waals surface area contributed by atoms with Crippen molar-refractivity contribution in [1.82, 2.24) is 15.5 Å². The van der Waals surface area contributed by atoms with Crippen molar-refractivity contribution in [3.05, 3.63) is 35.9 Å². The summed E-state index contributed by atoms with van der Waals surface area (Å²) in [5, 5.41) is 7.05. The zero-order valence-electron chi connectivity index (χ0n) is 18.7. The molecular formula is C23H41IN4O. The first-order valence-electron chi connectivity index (χ1n) is 11.0. The highest BCUT2D eigenvalue weighted by atomic mass is 127. The maximum atomic E-state index is 5.84. The van der Waals surface area contributed by atoms with Crippen molar-refractivity contribution in [3.8, 4) is 0 Å². The molecule has 1 atom stereocenters. The third kappa shape index (κ3) is 10.1. The lowest BCUT2D eigenvalue weighted by Crippen LogP contribution is -2.48. The summed E-state index contributed by atoms with van der Waals surface area (Å²) in [6.07, 6.45) is 3.57. The third-order valence-electron chi connectivity index (χ3n) is 5.33. The van der Waals surface area contributed by atoms with E-state index in [1.54, 1.807) is 0 Å². The van der Waals surface area contributed by atoms with E-state index >= 15 is 0 Å². The number of piperidine rings is 1. The van der Waals surface area contributed by atoms with Gasteiger partial charge in [0.25, 0.3) is 0 Å². The standard InChI is InChI=1S/C23H40N4O.HI/c1-5-24-23(25-15-12-22(19(3)4)28-6-2)26-21-13-16-27(17-14-21)18-20-10-8-7-9-11-20;/h7-11,19,21-22H,5-6,12-18H2,1-4H3,(H2,24,25,26);1H. The predicted octanol–water partition coefficient (Wildman–Crippen LogP) is 4.28. The SMILES string of the molecule is CCNC(=NCCC(OCC)C(C)C)NC1CCN(Cc2ccccc2)CC1.I. The number of nitrogens with one attached hydrogen (secondary N) is 2. The first kappa shape index (κ1) is 26.2. The van der Waals surface area contributed by atoms with Crippen LogP contribution in [0.5, 0.6) is 0 Å². The Morgan fingerprint density at radius 1 is 1.17 bits per heavy atom. The lowest BCUT2D eigenvalue weighted by Gasteiger charge is -2.33.